The van der Waals surface area contributed by atoms with Gasteiger partial charge < -0.3 is 28.7 Å². The van der Waals surface area contributed by atoms with Gasteiger partial charge in [-0.05, 0) is 37.5 Å². The normalized spacial score (nSPS) is 12.9. The maximum Gasteiger partial charge on any atom is 0.329 e. The van der Waals surface area contributed by atoms with E-state index in [0.717, 1.165) is 31.7 Å². The summed E-state index contributed by atoms with van der Waals surface area (Å²) in [5.41, 5.74) is 1.31. The average Bonchev–Trinajstić information content (AvgIpc) is 2.91. The third kappa shape index (κ3) is 19.5. The highest BCUT2D eigenvalue weighted by Crippen LogP contribution is 2.33. The molecular formula is C29H53NO6P+. The van der Waals surface area contributed by atoms with Crippen LogP contribution in [0.15, 0.2) is 24.3 Å². The van der Waals surface area contributed by atoms with Crippen LogP contribution >= 0.6 is 8.60 Å². The molecule has 0 spiro atoms. The van der Waals surface area contributed by atoms with Crippen LogP contribution in [0, 0.1) is 0 Å². The summed E-state index contributed by atoms with van der Waals surface area (Å²) >= 11 is 0. The molecule has 214 valence electrons. The Hall–Kier alpha value is -1.24. The third-order valence-electron chi connectivity index (χ3n) is 6.18. The summed E-state index contributed by atoms with van der Waals surface area (Å²) in [6.45, 7) is 8.67. The molecule has 0 radical (unpaired) electrons. The lowest BCUT2D eigenvalue weighted by molar-refractivity contribution is -0.652. The molecule has 0 amide bonds. The number of aryl methyl sites for hydroxylation is 1. The fourth-order valence-electron chi connectivity index (χ4n) is 3.90. The number of quaternary nitrogens is 1. The second-order valence-corrected chi connectivity index (χ2v) is 10.6. The van der Waals surface area contributed by atoms with Gasteiger partial charge in [0.05, 0.1) is 26.3 Å². The summed E-state index contributed by atoms with van der Waals surface area (Å²) in [6, 6.07) is 8.12. The number of hydrogen-bond acceptors (Lipinski definition) is 6. The van der Waals surface area contributed by atoms with E-state index < -0.39 is 14.7 Å². The second-order valence-electron chi connectivity index (χ2n) is 9.56. The Labute approximate surface area is 227 Å². The lowest BCUT2D eigenvalue weighted by Gasteiger charge is -2.19. The Bertz CT molecular complexity index is 660. The molecule has 0 aliphatic rings. The van der Waals surface area contributed by atoms with Gasteiger partial charge in [-0.15, -0.1) is 0 Å². The zero-order valence-corrected chi connectivity index (χ0v) is 24.5. The van der Waals surface area contributed by atoms with Crippen LogP contribution in [0.2, 0.25) is 0 Å². The highest BCUT2D eigenvalue weighted by Gasteiger charge is 2.18. The Morgan fingerprint density at radius 1 is 0.865 bits per heavy atom. The van der Waals surface area contributed by atoms with E-state index in [9.17, 15) is 9.69 Å². The highest BCUT2D eigenvalue weighted by atomic mass is 31.2. The third-order valence-corrected chi connectivity index (χ3v) is 6.95. The summed E-state index contributed by atoms with van der Waals surface area (Å²) in [5, 5.41) is 2.17. The van der Waals surface area contributed by atoms with Crippen molar-refractivity contribution in [2.24, 2.45) is 0 Å². The molecule has 2 atom stereocenters. The van der Waals surface area contributed by atoms with Gasteiger partial charge in [0.1, 0.15) is 12.4 Å². The molecule has 2 unspecified atom stereocenters. The van der Waals surface area contributed by atoms with E-state index >= 15 is 0 Å². The standard InChI is InChI=1S/C29H52NO6P/c1-4-7-8-9-10-11-12-13-14-15-17-26-18-20-27(21-19-26)33-24-28(36-29(31)5-2)25-35-37(32)34-23-16-22-30-6-3/h18-21,28,30,32H,4-17,22-25H2,1-3H3/p+1. The molecule has 8 heteroatoms. The summed E-state index contributed by atoms with van der Waals surface area (Å²) in [6.07, 6.45) is 15.0. The Morgan fingerprint density at radius 3 is 2.14 bits per heavy atom. The van der Waals surface area contributed by atoms with Gasteiger partial charge in [-0.1, -0.05) is 83.8 Å². The minimum absolute atomic E-state index is 0.0197. The van der Waals surface area contributed by atoms with Crippen LogP contribution in [0.5, 0.6) is 5.75 Å². The minimum Gasteiger partial charge on any atom is -0.490 e. The Balaban J connectivity index is 2.27. The van der Waals surface area contributed by atoms with E-state index in [0.29, 0.717) is 6.61 Å². The van der Waals surface area contributed by atoms with Crippen molar-refractivity contribution in [3.63, 3.8) is 0 Å². The number of rotatable bonds is 25. The molecular weight excluding hydrogens is 489 g/mol. The van der Waals surface area contributed by atoms with Crippen molar-refractivity contribution in [2.75, 3.05) is 32.9 Å². The monoisotopic (exact) mass is 542 g/mol. The molecule has 0 heterocycles. The molecule has 0 bridgehead atoms. The first kappa shape index (κ1) is 33.8. The van der Waals surface area contributed by atoms with Crippen molar-refractivity contribution < 1.29 is 33.5 Å². The SMILES string of the molecule is CCCCCCCCCCCCc1ccc(OCC(COP(O)OCCC[NH2+]CC)OC(=O)CC)cc1. The zero-order chi connectivity index (χ0) is 27.0. The molecule has 1 rings (SSSR count). The van der Waals surface area contributed by atoms with Crippen molar-refractivity contribution in [1.82, 2.24) is 0 Å². The van der Waals surface area contributed by atoms with Gasteiger partial charge in [-0.2, -0.15) is 0 Å². The number of carbonyl (C=O) groups is 1. The predicted molar refractivity (Wildman–Crippen MR) is 151 cm³/mol. The van der Waals surface area contributed by atoms with Crippen molar-refractivity contribution in [2.45, 2.75) is 110 Å². The van der Waals surface area contributed by atoms with Gasteiger partial charge in [-0.3, -0.25) is 4.79 Å². The Morgan fingerprint density at radius 2 is 1.51 bits per heavy atom. The topological polar surface area (TPSA) is 90.8 Å². The molecule has 0 saturated heterocycles. The minimum atomic E-state index is -2.01. The second kappa shape index (κ2) is 23.8. The zero-order valence-electron chi connectivity index (χ0n) is 23.6. The fraction of sp³-hybridized carbons (Fsp3) is 0.759. The van der Waals surface area contributed by atoms with Gasteiger partial charge in [-0.25, -0.2) is 0 Å². The van der Waals surface area contributed by atoms with Crippen molar-refractivity contribution in [1.29, 1.82) is 0 Å². The maximum absolute atomic E-state index is 11.8. The van der Waals surface area contributed by atoms with Crippen molar-refractivity contribution in [3.8, 4) is 5.75 Å². The van der Waals surface area contributed by atoms with Crippen LogP contribution < -0.4 is 10.1 Å². The lowest BCUT2D eigenvalue weighted by Crippen LogP contribution is -2.83. The number of hydrogen-bond donors (Lipinski definition) is 2. The molecule has 1 aromatic rings. The largest absolute Gasteiger partial charge is 0.490 e. The summed E-state index contributed by atoms with van der Waals surface area (Å²) in [4.78, 5) is 21.8. The van der Waals surface area contributed by atoms with Gasteiger partial charge >= 0.3 is 14.6 Å². The average molecular weight is 543 g/mol. The number of ether oxygens (including phenoxy) is 2. The van der Waals surface area contributed by atoms with Gasteiger partial charge in [0, 0.05) is 12.8 Å². The quantitative estimate of drug-likeness (QED) is 0.0885. The Kier molecular flexibility index (Phi) is 21.8. The first-order valence-electron chi connectivity index (χ1n) is 14.6. The smallest absolute Gasteiger partial charge is 0.329 e. The van der Waals surface area contributed by atoms with Crippen molar-refractivity contribution >= 4 is 14.6 Å². The number of esters is 1. The predicted octanol–water partition coefficient (Wildman–Crippen LogP) is 6.08. The number of unbranched alkanes of at least 4 members (excludes halogenated alkanes) is 9. The van der Waals surface area contributed by atoms with E-state index in [2.05, 4.69) is 31.3 Å². The van der Waals surface area contributed by atoms with Crippen molar-refractivity contribution in [3.05, 3.63) is 29.8 Å². The first-order valence-corrected chi connectivity index (χ1v) is 15.7. The van der Waals surface area contributed by atoms with Crippen LogP contribution in [0.3, 0.4) is 0 Å². The first-order chi connectivity index (χ1) is 18.1. The molecule has 0 fully saturated rings. The van der Waals surface area contributed by atoms with E-state index in [1.165, 1.54) is 69.8 Å². The molecule has 0 aliphatic carbocycles. The molecule has 1 aromatic carbocycles. The summed E-state index contributed by atoms with van der Waals surface area (Å²) in [5.74, 6) is 0.390. The van der Waals surface area contributed by atoms with Gasteiger partial charge in [0.15, 0.2) is 6.10 Å². The van der Waals surface area contributed by atoms with Crippen LogP contribution in [-0.2, 0) is 25.0 Å². The van der Waals surface area contributed by atoms with E-state index in [1.54, 1.807) is 6.92 Å². The highest BCUT2D eigenvalue weighted by molar-refractivity contribution is 7.40. The van der Waals surface area contributed by atoms with Gasteiger partial charge in [0.2, 0.25) is 0 Å². The van der Waals surface area contributed by atoms with Crippen LogP contribution in [0.25, 0.3) is 0 Å². The lowest BCUT2D eigenvalue weighted by atomic mass is 10.0. The molecule has 0 saturated carbocycles. The van der Waals surface area contributed by atoms with Crippen LogP contribution in [0.1, 0.15) is 103 Å². The van der Waals surface area contributed by atoms with Gasteiger partial charge in [0.25, 0.3) is 0 Å². The van der Waals surface area contributed by atoms with E-state index in [4.69, 9.17) is 18.5 Å². The number of nitrogens with two attached hydrogens (primary N) is 1. The van der Waals surface area contributed by atoms with Crippen LogP contribution in [0.4, 0.5) is 0 Å². The summed E-state index contributed by atoms with van der Waals surface area (Å²) in [7, 11) is -2.01. The number of benzene rings is 1. The van der Waals surface area contributed by atoms with E-state index in [-0.39, 0.29) is 25.6 Å². The molecule has 3 N–H and O–H groups in total. The molecule has 0 aliphatic heterocycles. The molecule has 7 nitrogen and oxygen atoms in total. The molecule has 0 aromatic heterocycles. The number of carbonyl (C=O) groups excluding carboxylic acids is 1. The summed E-state index contributed by atoms with van der Waals surface area (Å²) < 4.78 is 22.0. The van der Waals surface area contributed by atoms with E-state index in [1.807, 2.05) is 12.1 Å². The maximum atomic E-state index is 11.8. The van der Waals surface area contributed by atoms with Crippen LogP contribution in [-0.4, -0.2) is 49.9 Å². The molecule has 37 heavy (non-hydrogen) atoms. The fourth-order valence-corrected chi connectivity index (χ4v) is 4.56.